The summed E-state index contributed by atoms with van der Waals surface area (Å²) in [6.45, 7) is 1.59. The minimum atomic E-state index is -0.303. The van der Waals surface area contributed by atoms with Gasteiger partial charge in [-0.2, -0.15) is 0 Å². The molecule has 2 N–H and O–H groups in total. The van der Waals surface area contributed by atoms with Crippen LogP contribution in [-0.4, -0.2) is 38.4 Å². The maximum Gasteiger partial charge on any atom is 0.258 e. The fourth-order valence-corrected chi connectivity index (χ4v) is 2.32. The van der Waals surface area contributed by atoms with Gasteiger partial charge in [-0.3, -0.25) is 14.4 Å². The average Bonchev–Trinajstić information content (AvgIpc) is 2.70. The minimum absolute atomic E-state index is 0.0833. The van der Waals surface area contributed by atoms with Gasteiger partial charge in [-0.1, -0.05) is 12.1 Å². The Labute approximate surface area is 157 Å². The van der Waals surface area contributed by atoms with Crippen molar-refractivity contribution in [2.24, 2.45) is 0 Å². The van der Waals surface area contributed by atoms with Gasteiger partial charge < -0.3 is 20.1 Å². The number of nitrogens with one attached hydrogen (secondary N) is 2. The molecule has 0 aromatic heterocycles. The summed E-state index contributed by atoms with van der Waals surface area (Å²) in [7, 11) is 3.04. The molecule has 0 atom stereocenters. The molecule has 0 unspecified atom stereocenters. The number of methoxy groups -OCH3 is 1. The normalized spacial score (nSPS) is 10.0. The van der Waals surface area contributed by atoms with Crippen LogP contribution in [0, 0.1) is 0 Å². The van der Waals surface area contributed by atoms with E-state index in [1.807, 2.05) is 0 Å². The van der Waals surface area contributed by atoms with Gasteiger partial charge in [-0.25, -0.2) is 0 Å². The summed E-state index contributed by atoms with van der Waals surface area (Å²) in [4.78, 5) is 34.9. The molecule has 142 valence electrons. The number of carbonyl (C=O) groups is 3. The zero-order valence-corrected chi connectivity index (χ0v) is 15.5. The first-order valence-electron chi connectivity index (χ1n) is 8.34. The summed E-state index contributed by atoms with van der Waals surface area (Å²) < 4.78 is 10.7. The largest absolute Gasteiger partial charge is 0.493 e. The van der Waals surface area contributed by atoms with Crippen LogP contribution in [0.1, 0.15) is 33.2 Å². The van der Waals surface area contributed by atoms with Crippen LogP contribution in [0.25, 0.3) is 0 Å². The maximum atomic E-state index is 12.0. The molecular formula is C20H22N2O5. The van der Waals surface area contributed by atoms with Gasteiger partial charge in [-0.05, 0) is 42.8 Å². The summed E-state index contributed by atoms with van der Waals surface area (Å²) in [5.41, 5.74) is 1.92. The van der Waals surface area contributed by atoms with Crippen molar-refractivity contribution in [1.82, 2.24) is 10.6 Å². The highest BCUT2D eigenvalue weighted by atomic mass is 16.5. The Morgan fingerprint density at radius 1 is 0.963 bits per heavy atom. The summed E-state index contributed by atoms with van der Waals surface area (Å²) in [5, 5.41) is 5.29. The molecule has 2 rings (SSSR count). The first-order chi connectivity index (χ1) is 12.9. The summed E-state index contributed by atoms with van der Waals surface area (Å²) in [6, 6.07) is 11.7. The van der Waals surface area contributed by atoms with Gasteiger partial charge in [0.05, 0.1) is 7.11 Å². The molecule has 0 saturated carbocycles. The molecule has 2 amide bonds. The van der Waals surface area contributed by atoms with Crippen LogP contribution in [0.15, 0.2) is 42.5 Å². The van der Waals surface area contributed by atoms with E-state index in [0.29, 0.717) is 29.2 Å². The van der Waals surface area contributed by atoms with Crippen LogP contribution in [0.3, 0.4) is 0 Å². The van der Waals surface area contributed by atoms with Crippen molar-refractivity contribution in [3.8, 4) is 11.5 Å². The maximum absolute atomic E-state index is 12.0. The standard InChI is InChI=1S/C20H22N2O5/c1-13(23)16-8-9-17(18(10-16)26-3)27-12-19(24)22-11-14-4-6-15(7-5-14)20(25)21-2/h4-10H,11-12H2,1-3H3,(H,21,25)(H,22,24). The monoisotopic (exact) mass is 370 g/mol. The number of ether oxygens (including phenoxy) is 2. The van der Waals surface area contributed by atoms with Crippen LogP contribution in [-0.2, 0) is 11.3 Å². The number of hydrogen-bond acceptors (Lipinski definition) is 5. The van der Waals surface area contributed by atoms with E-state index in [9.17, 15) is 14.4 Å². The molecular weight excluding hydrogens is 348 g/mol. The van der Waals surface area contributed by atoms with Crippen LogP contribution >= 0.6 is 0 Å². The number of amides is 2. The van der Waals surface area contributed by atoms with Gasteiger partial charge in [0.2, 0.25) is 0 Å². The third kappa shape index (κ3) is 5.57. The summed E-state index contributed by atoms with van der Waals surface area (Å²) >= 11 is 0. The van der Waals surface area contributed by atoms with Crippen molar-refractivity contribution in [2.75, 3.05) is 20.8 Å². The molecule has 0 radical (unpaired) electrons. The summed E-state index contributed by atoms with van der Waals surface area (Å²) in [5.74, 6) is 0.222. The lowest BCUT2D eigenvalue weighted by atomic mass is 10.1. The lowest BCUT2D eigenvalue weighted by Crippen LogP contribution is -2.28. The number of carbonyl (C=O) groups excluding carboxylic acids is 3. The fourth-order valence-electron chi connectivity index (χ4n) is 2.32. The van der Waals surface area contributed by atoms with Crippen LogP contribution < -0.4 is 20.1 Å². The summed E-state index contributed by atoms with van der Waals surface area (Å²) in [6.07, 6.45) is 0. The SMILES string of the molecule is CNC(=O)c1ccc(CNC(=O)COc2ccc(C(C)=O)cc2OC)cc1. The van der Waals surface area contributed by atoms with E-state index in [0.717, 1.165) is 5.56 Å². The van der Waals surface area contributed by atoms with E-state index >= 15 is 0 Å². The Morgan fingerprint density at radius 2 is 1.63 bits per heavy atom. The second kappa shape index (κ2) is 9.38. The van der Waals surface area contributed by atoms with E-state index in [4.69, 9.17) is 9.47 Å². The van der Waals surface area contributed by atoms with Gasteiger partial charge in [0.25, 0.3) is 11.8 Å². The predicted octanol–water partition coefficient (Wildman–Crippen LogP) is 1.95. The Bertz CT molecular complexity index is 831. The first kappa shape index (κ1) is 20.0. The molecule has 7 nitrogen and oxygen atoms in total. The fraction of sp³-hybridized carbons (Fsp3) is 0.250. The third-order valence-corrected chi connectivity index (χ3v) is 3.86. The van der Waals surface area contributed by atoms with Crippen molar-refractivity contribution in [1.29, 1.82) is 0 Å². The van der Waals surface area contributed by atoms with Crippen LogP contribution in [0.2, 0.25) is 0 Å². The molecule has 0 aliphatic heterocycles. The Kier molecular flexibility index (Phi) is 6.93. The Morgan fingerprint density at radius 3 is 2.22 bits per heavy atom. The second-order valence-corrected chi connectivity index (χ2v) is 5.76. The molecule has 2 aromatic carbocycles. The molecule has 0 heterocycles. The number of rotatable bonds is 8. The molecule has 0 spiro atoms. The van der Waals surface area contributed by atoms with Crippen molar-refractivity contribution in [3.63, 3.8) is 0 Å². The van der Waals surface area contributed by atoms with E-state index in [1.54, 1.807) is 49.5 Å². The third-order valence-electron chi connectivity index (χ3n) is 3.86. The van der Waals surface area contributed by atoms with E-state index in [-0.39, 0.29) is 24.2 Å². The van der Waals surface area contributed by atoms with Crippen LogP contribution in [0.5, 0.6) is 11.5 Å². The average molecular weight is 370 g/mol. The first-order valence-corrected chi connectivity index (χ1v) is 8.34. The van der Waals surface area contributed by atoms with Gasteiger partial charge >= 0.3 is 0 Å². The van der Waals surface area contributed by atoms with E-state index in [1.165, 1.54) is 14.0 Å². The Balaban J connectivity index is 1.87. The molecule has 0 fully saturated rings. The number of Topliss-reactive ketones (excluding diaryl/α,β-unsaturated/α-hetero) is 1. The Hall–Kier alpha value is -3.35. The number of ketones is 1. The van der Waals surface area contributed by atoms with Gasteiger partial charge in [0.15, 0.2) is 23.9 Å². The lowest BCUT2D eigenvalue weighted by molar-refractivity contribution is -0.123. The zero-order valence-electron chi connectivity index (χ0n) is 15.5. The van der Waals surface area contributed by atoms with Gasteiger partial charge in [-0.15, -0.1) is 0 Å². The predicted molar refractivity (Wildman–Crippen MR) is 100 cm³/mol. The van der Waals surface area contributed by atoms with Crippen molar-refractivity contribution >= 4 is 17.6 Å². The van der Waals surface area contributed by atoms with Crippen molar-refractivity contribution in [3.05, 3.63) is 59.2 Å². The lowest BCUT2D eigenvalue weighted by Gasteiger charge is -2.12. The van der Waals surface area contributed by atoms with Gasteiger partial charge in [0, 0.05) is 24.7 Å². The highest BCUT2D eigenvalue weighted by Crippen LogP contribution is 2.28. The molecule has 2 aromatic rings. The van der Waals surface area contributed by atoms with E-state index < -0.39 is 0 Å². The zero-order chi connectivity index (χ0) is 19.8. The topological polar surface area (TPSA) is 93.7 Å². The molecule has 7 heteroatoms. The van der Waals surface area contributed by atoms with Crippen molar-refractivity contribution < 1.29 is 23.9 Å². The molecule has 0 aliphatic carbocycles. The highest BCUT2D eigenvalue weighted by Gasteiger charge is 2.10. The second-order valence-electron chi connectivity index (χ2n) is 5.76. The highest BCUT2D eigenvalue weighted by molar-refractivity contribution is 5.95. The van der Waals surface area contributed by atoms with Crippen molar-refractivity contribution in [2.45, 2.75) is 13.5 Å². The molecule has 27 heavy (non-hydrogen) atoms. The smallest absolute Gasteiger partial charge is 0.258 e. The van der Waals surface area contributed by atoms with Gasteiger partial charge in [0.1, 0.15) is 0 Å². The minimum Gasteiger partial charge on any atom is -0.493 e. The number of hydrogen-bond donors (Lipinski definition) is 2. The quantitative estimate of drug-likeness (QED) is 0.693. The van der Waals surface area contributed by atoms with E-state index in [2.05, 4.69) is 10.6 Å². The molecule has 0 aliphatic rings. The molecule has 0 bridgehead atoms. The number of benzene rings is 2. The van der Waals surface area contributed by atoms with Crippen LogP contribution in [0.4, 0.5) is 0 Å². The molecule has 0 saturated heterocycles.